The second-order valence-electron chi connectivity index (χ2n) is 4.77. The molecule has 2 rings (SSSR count). The molecule has 19 heavy (non-hydrogen) atoms. The van der Waals surface area contributed by atoms with Crippen LogP contribution in [0.4, 0.5) is 5.69 Å². The summed E-state index contributed by atoms with van der Waals surface area (Å²) in [7, 11) is 4.14. The van der Waals surface area contributed by atoms with Crippen LogP contribution >= 0.6 is 11.3 Å². The number of aryl methyl sites for hydroxylation is 1. The highest BCUT2D eigenvalue weighted by molar-refractivity contribution is 7.12. The minimum atomic E-state index is 0.958. The first-order chi connectivity index (χ1) is 9.22. The monoisotopic (exact) mass is 274 g/mol. The van der Waals surface area contributed by atoms with Gasteiger partial charge in [0.25, 0.3) is 0 Å². The van der Waals surface area contributed by atoms with Gasteiger partial charge in [0.15, 0.2) is 0 Å². The Kier molecular flexibility index (Phi) is 5.00. The Hall–Kier alpha value is -1.32. The van der Waals surface area contributed by atoms with E-state index < -0.39 is 0 Å². The van der Waals surface area contributed by atoms with Gasteiger partial charge in [-0.1, -0.05) is 19.1 Å². The summed E-state index contributed by atoms with van der Waals surface area (Å²) in [5.74, 6) is 0. The Bertz CT molecular complexity index is 502. The molecule has 0 atom stereocenters. The summed E-state index contributed by atoms with van der Waals surface area (Å²) in [6.45, 7) is 4.12. The number of thiophene rings is 1. The highest BCUT2D eigenvalue weighted by Gasteiger charge is 2.05. The van der Waals surface area contributed by atoms with Gasteiger partial charge in [0.1, 0.15) is 0 Å². The van der Waals surface area contributed by atoms with E-state index >= 15 is 0 Å². The quantitative estimate of drug-likeness (QED) is 0.864. The summed E-state index contributed by atoms with van der Waals surface area (Å²) < 4.78 is 0. The van der Waals surface area contributed by atoms with Gasteiger partial charge >= 0.3 is 0 Å². The standard InChI is InChI=1S/C16H22N2S/c1-4-13-5-7-14(8-6-13)18(3)12-16-10-9-15(19-16)11-17-2/h5-10,17H,4,11-12H2,1-3H3. The molecule has 102 valence electrons. The fourth-order valence-corrected chi connectivity index (χ4v) is 3.17. The van der Waals surface area contributed by atoms with Crippen molar-refractivity contribution in [2.24, 2.45) is 0 Å². The number of benzene rings is 1. The van der Waals surface area contributed by atoms with E-state index in [0.717, 1.165) is 19.5 Å². The first-order valence-electron chi connectivity index (χ1n) is 6.75. The lowest BCUT2D eigenvalue weighted by molar-refractivity contribution is 0.831. The van der Waals surface area contributed by atoms with Crippen LogP contribution in [0.25, 0.3) is 0 Å². The van der Waals surface area contributed by atoms with Crippen molar-refractivity contribution in [3.05, 3.63) is 51.7 Å². The lowest BCUT2D eigenvalue weighted by Gasteiger charge is -2.18. The van der Waals surface area contributed by atoms with E-state index in [1.165, 1.54) is 21.0 Å². The second-order valence-corrected chi connectivity index (χ2v) is 6.03. The maximum Gasteiger partial charge on any atom is 0.0519 e. The molecule has 0 amide bonds. The van der Waals surface area contributed by atoms with Crippen molar-refractivity contribution in [2.45, 2.75) is 26.4 Å². The molecule has 0 aliphatic rings. The van der Waals surface area contributed by atoms with Crippen LogP contribution < -0.4 is 10.2 Å². The molecule has 0 radical (unpaired) electrons. The number of rotatable bonds is 6. The Morgan fingerprint density at radius 2 is 1.74 bits per heavy atom. The zero-order valence-corrected chi connectivity index (χ0v) is 12.8. The highest BCUT2D eigenvalue weighted by atomic mass is 32.1. The summed E-state index contributed by atoms with van der Waals surface area (Å²) in [6, 6.07) is 13.3. The molecule has 1 aromatic heterocycles. The van der Waals surface area contributed by atoms with Gasteiger partial charge in [-0.3, -0.25) is 0 Å². The van der Waals surface area contributed by atoms with Crippen LogP contribution in [-0.4, -0.2) is 14.1 Å². The largest absolute Gasteiger partial charge is 0.369 e. The minimum absolute atomic E-state index is 0.958. The normalized spacial score (nSPS) is 10.7. The molecule has 0 spiro atoms. The van der Waals surface area contributed by atoms with E-state index in [4.69, 9.17) is 0 Å². The molecule has 0 saturated carbocycles. The first-order valence-corrected chi connectivity index (χ1v) is 7.57. The average molecular weight is 274 g/mol. The van der Waals surface area contributed by atoms with E-state index in [0.29, 0.717) is 0 Å². The SMILES string of the molecule is CCc1ccc(N(C)Cc2ccc(CNC)s2)cc1. The van der Waals surface area contributed by atoms with Crippen LogP contribution in [0.15, 0.2) is 36.4 Å². The van der Waals surface area contributed by atoms with Gasteiger partial charge in [-0.2, -0.15) is 0 Å². The van der Waals surface area contributed by atoms with Crippen LogP contribution in [0.2, 0.25) is 0 Å². The van der Waals surface area contributed by atoms with Gasteiger partial charge in [-0.05, 0) is 43.3 Å². The third-order valence-corrected chi connectivity index (χ3v) is 4.32. The molecule has 0 fully saturated rings. The first kappa shape index (κ1) is 14.1. The summed E-state index contributed by atoms with van der Waals surface area (Å²) in [5.41, 5.74) is 2.67. The van der Waals surface area contributed by atoms with Crippen molar-refractivity contribution < 1.29 is 0 Å². The number of nitrogens with zero attached hydrogens (tertiary/aromatic N) is 1. The van der Waals surface area contributed by atoms with Gasteiger partial charge in [-0.25, -0.2) is 0 Å². The van der Waals surface area contributed by atoms with E-state index in [-0.39, 0.29) is 0 Å². The van der Waals surface area contributed by atoms with Crippen LogP contribution in [0.5, 0.6) is 0 Å². The van der Waals surface area contributed by atoms with Gasteiger partial charge in [0.2, 0.25) is 0 Å². The average Bonchev–Trinajstić information content (AvgIpc) is 2.86. The Morgan fingerprint density at radius 1 is 1.05 bits per heavy atom. The van der Waals surface area contributed by atoms with E-state index in [2.05, 4.69) is 60.6 Å². The third-order valence-electron chi connectivity index (χ3n) is 3.25. The molecule has 2 aromatic rings. The van der Waals surface area contributed by atoms with E-state index in [1.54, 1.807) is 0 Å². The number of hydrogen-bond acceptors (Lipinski definition) is 3. The molecule has 0 saturated heterocycles. The number of hydrogen-bond donors (Lipinski definition) is 1. The van der Waals surface area contributed by atoms with Gasteiger partial charge in [0.05, 0.1) is 6.54 Å². The van der Waals surface area contributed by atoms with Crippen LogP contribution in [-0.2, 0) is 19.5 Å². The lowest BCUT2D eigenvalue weighted by atomic mass is 10.1. The fraction of sp³-hybridized carbons (Fsp3) is 0.375. The molecule has 0 bridgehead atoms. The van der Waals surface area contributed by atoms with Crippen molar-refractivity contribution >= 4 is 17.0 Å². The predicted molar refractivity (Wildman–Crippen MR) is 85.0 cm³/mol. The molecule has 1 aromatic carbocycles. The molecular weight excluding hydrogens is 252 g/mol. The Morgan fingerprint density at radius 3 is 2.37 bits per heavy atom. The Balaban J connectivity index is 2.00. The van der Waals surface area contributed by atoms with E-state index in [1.807, 2.05) is 18.4 Å². The summed E-state index contributed by atoms with van der Waals surface area (Å²) >= 11 is 1.88. The van der Waals surface area contributed by atoms with E-state index in [9.17, 15) is 0 Å². The predicted octanol–water partition coefficient (Wildman–Crippen LogP) is 3.67. The second kappa shape index (κ2) is 6.73. The zero-order chi connectivity index (χ0) is 13.7. The lowest BCUT2D eigenvalue weighted by Crippen LogP contribution is -2.15. The smallest absolute Gasteiger partial charge is 0.0519 e. The van der Waals surface area contributed by atoms with Crippen molar-refractivity contribution in [2.75, 3.05) is 19.0 Å². The zero-order valence-electron chi connectivity index (χ0n) is 11.9. The topological polar surface area (TPSA) is 15.3 Å². The Labute approximate surface area is 120 Å². The molecule has 0 unspecified atom stereocenters. The maximum atomic E-state index is 3.19. The fourth-order valence-electron chi connectivity index (χ4n) is 2.09. The summed E-state index contributed by atoms with van der Waals surface area (Å²) in [6.07, 6.45) is 1.10. The van der Waals surface area contributed by atoms with Crippen LogP contribution in [0.1, 0.15) is 22.2 Å². The van der Waals surface area contributed by atoms with Crippen molar-refractivity contribution in [1.29, 1.82) is 0 Å². The third kappa shape index (κ3) is 3.82. The molecule has 3 heteroatoms. The summed E-state index contributed by atoms with van der Waals surface area (Å²) in [4.78, 5) is 5.11. The maximum absolute atomic E-state index is 3.19. The van der Waals surface area contributed by atoms with Gasteiger partial charge in [0, 0.05) is 29.0 Å². The van der Waals surface area contributed by atoms with Gasteiger partial charge in [-0.15, -0.1) is 11.3 Å². The number of anilines is 1. The van der Waals surface area contributed by atoms with Crippen molar-refractivity contribution in [3.63, 3.8) is 0 Å². The molecular formula is C16H22N2S. The number of nitrogens with one attached hydrogen (secondary N) is 1. The van der Waals surface area contributed by atoms with Crippen molar-refractivity contribution in [3.8, 4) is 0 Å². The molecule has 0 aliphatic heterocycles. The van der Waals surface area contributed by atoms with Crippen LogP contribution in [0, 0.1) is 0 Å². The van der Waals surface area contributed by atoms with Crippen LogP contribution in [0.3, 0.4) is 0 Å². The molecule has 1 N–H and O–H groups in total. The molecule has 2 nitrogen and oxygen atoms in total. The minimum Gasteiger partial charge on any atom is -0.369 e. The molecule has 1 heterocycles. The van der Waals surface area contributed by atoms with Gasteiger partial charge < -0.3 is 10.2 Å². The van der Waals surface area contributed by atoms with Crippen molar-refractivity contribution in [1.82, 2.24) is 5.32 Å². The summed E-state index contributed by atoms with van der Waals surface area (Å²) in [5, 5.41) is 3.19. The highest BCUT2D eigenvalue weighted by Crippen LogP contribution is 2.21. The molecule has 0 aliphatic carbocycles.